The third-order valence-electron chi connectivity index (χ3n) is 2.74. The van der Waals surface area contributed by atoms with Crippen molar-refractivity contribution in [3.8, 4) is 0 Å². The molecule has 0 aliphatic heterocycles. The highest BCUT2D eigenvalue weighted by Crippen LogP contribution is 2.21. The van der Waals surface area contributed by atoms with Gasteiger partial charge in [-0.1, -0.05) is 22.0 Å². The molecule has 2 rings (SSSR count). The molecule has 2 aromatic rings. The van der Waals surface area contributed by atoms with E-state index in [1.165, 1.54) is 30.3 Å². The first-order valence-electron chi connectivity index (χ1n) is 5.74. The number of halogens is 3. The largest absolute Gasteiger partial charge is 0.379 e. The van der Waals surface area contributed by atoms with Crippen LogP contribution in [0, 0.1) is 11.6 Å². The van der Waals surface area contributed by atoms with Gasteiger partial charge in [0.25, 0.3) is 0 Å². The molecule has 0 unspecified atom stereocenters. The summed E-state index contributed by atoms with van der Waals surface area (Å²) in [6, 6.07) is 8.06. The molecule has 0 heterocycles. The normalized spacial score (nSPS) is 10.3. The van der Waals surface area contributed by atoms with E-state index in [1.54, 1.807) is 6.07 Å². The average molecular weight is 341 g/mol. The van der Waals surface area contributed by atoms with Gasteiger partial charge in [-0.05, 0) is 35.9 Å². The molecule has 1 amide bonds. The Labute approximate surface area is 122 Å². The second kappa shape index (κ2) is 6.00. The third-order valence-corrected chi connectivity index (χ3v) is 3.47. The van der Waals surface area contributed by atoms with Gasteiger partial charge in [0.2, 0.25) is 5.91 Å². The van der Waals surface area contributed by atoms with E-state index >= 15 is 0 Å². The molecule has 104 valence electrons. The van der Waals surface area contributed by atoms with Crippen LogP contribution in [0.4, 0.5) is 14.5 Å². The molecule has 0 bridgehead atoms. The summed E-state index contributed by atoms with van der Waals surface area (Å²) in [6.45, 7) is 0.278. The van der Waals surface area contributed by atoms with Crippen LogP contribution in [0.5, 0.6) is 0 Å². The highest BCUT2D eigenvalue weighted by atomic mass is 79.9. The molecular weight excluding hydrogens is 330 g/mol. The summed E-state index contributed by atoms with van der Waals surface area (Å²) in [5.41, 5.74) is 6.28. The molecule has 6 heteroatoms. The van der Waals surface area contributed by atoms with Crippen LogP contribution in [0.25, 0.3) is 0 Å². The van der Waals surface area contributed by atoms with Crippen LogP contribution in [0.2, 0.25) is 0 Å². The molecule has 0 aromatic heterocycles. The zero-order valence-corrected chi connectivity index (χ0v) is 11.9. The number of anilines is 1. The Hall–Kier alpha value is -1.95. The fourth-order valence-electron chi connectivity index (χ4n) is 1.67. The summed E-state index contributed by atoms with van der Waals surface area (Å²) in [7, 11) is 0. The number of carbonyl (C=O) groups excluding carboxylic acids is 1. The van der Waals surface area contributed by atoms with Crippen molar-refractivity contribution >= 4 is 27.5 Å². The first-order chi connectivity index (χ1) is 9.47. The van der Waals surface area contributed by atoms with Gasteiger partial charge < -0.3 is 11.1 Å². The molecule has 3 N–H and O–H groups in total. The second-order valence-electron chi connectivity index (χ2n) is 4.15. The van der Waals surface area contributed by atoms with Crippen molar-refractivity contribution in [3.05, 3.63) is 63.6 Å². The Morgan fingerprint density at radius 3 is 2.60 bits per heavy atom. The summed E-state index contributed by atoms with van der Waals surface area (Å²) in [4.78, 5) is 11.1. The summed E-state index contributed by atoms with van der Waals surface area (Å²) in [5, 5.41) is 2.85. The standard InChI is InChI=1S/C14H11BrF2N2O/c15-11-6-10(16)3-1-9(11)7-19-13-5-8(14(18)20)2-4-12(13)17/h1-6,19H,7H2,(H2,18,20). The van der Waals surface area contributed by atoms with Gasteiger partial charge >= 0.3 is 0 Å². The van der Waals surface area contributed by atoms with E-state index in [1.807, 2.05) is 0 Å². The Balaban J connectivity index is 2.18. The number of amides is 1. The summed E-state index contributed by atoms with van der Waals surface area (Å²) >= 11 is 3.23. The van der Waals surface area contributed by atoms with E-state index in [2.05, 4.69) is 21.2 Å². The molecule has 0 aliphatic rings. The lowest BCUT2D eigenvalue weighted by molar-refractivity contribution is 0.100. The number of rotatable bonds is 4. The fourth-order valence-corrected chi connectivity index (χ4v) is 2.16. The van der Waals surface area contributed by atoms with E-state index in [9.17, 15) is 13.6 Å². The molecule has 0 fully saturated rings. The molecule has 2 aromatic carbocycles. The maximum Gasteiger partial charge on any atom is 0.248 e. The summed E-state index contributed by atoms with van der Waals surface area (Å²) < 4.78 is 27.1. The molecular formula is C14H11BrF2N2O. The molecule has 20 heavy (non-hydrogen) atoms. The molecule has 0 radical (unpaired) electrons. The van der Waals surface area contributed by atoms with Crippen LogP contribution in [0.1, 0.15) is 15.9 Å². The lowest BCUT2D eigenvalue weighted by Crippen LogP contribution is -2.12. The molecule has 3 nitrogen and oxygen atoms in total. The van der Waals surface area contributed by atoms with Gasteiger partial charge in [0.05, 0.1) is 5.69 Å². The Kier molecular flexibility index (Phi) is 4.34. The van der Waals surface area contributed by atoms with Crippen molar-refractivity contribution in [2.45, 2.75) is 6.54 Å². The smallest absolute Gasteiger partial charge is 0.248 e. The average Bonchev–Trinajstić information content (AvgIpc) is 2.39. The monoisotopic (exact) mass is 340 g/mol. The van der Waals surface area contributed by atoms with Crippen LogP contribution < -0.4 is 11.1 Å². The van der Waals surface area contributed by atoms with E-state index in [-0.39, 0.29) is 23.6 Å². The van der Waals surface area contributed by atoms with E-state index in [4.69, 9.17) is 5.73 Å². The van der Waals surface area contributed by atoms with Crippen LogP contribution in [-0.2, 0) is 6.54 Å². The quantitative estimate of drug-likeness (QED) is 0.895. The first kappa shape index (κ1) is 14.5. The molecule has 0 spiro atoms. The second-order valence-corrected chi connectivity index (χ2v) is 5.00. The van der Waals surface area contributed by atoms with E-state index < -0.39 is 11.7 Å². The number of hydrogen-bond donors (Lipinski definition) is 2. The minimum atomic E-state index is -0.629. The Bertz CT molecular complexity index is 662. The maximum atomic E-state index is 13.6. The van der Waals surface area contributed by atoms with Crippen molar-refractivity contribution in [1.82, 2.24) is 0 Å². The summed E-state index contributed by atoms with van der Waals surface area (Å²) in [6.07, 6.45) is 0. The number of nitrogens with two attached hydrogens (primary N) is 1. The zero-order valence-electron chi connectivity index (χ0n) is 10.3. The lowest BCUT2D eigenvalue weighted by Gasteiger charge is -2.10. The van der Waals surface area contributed by atoms with Gasteiger partial charge in [-0.3, -0.25) is 4.79 Å². The fraction of sp³-hybridized carbons (Fsp3) is 0.0714. The predicted octanol–water partition coefficient (Wildman–Crippen LogP) is 3.44. The summed E-state index contributed by atoms with van der Waals surface area (Å²) in [5.74, 6) is -1.48. The van der Waals surface area contributed by atoms with Crippen molar-refractivity contribution < 1.29 is 13.6 Å². The minimum absolute atomic E-state index is 0.164. The van der Waals surface area contributed by atoms with Crippen LogP contribution in [0.3, 0.4) is 0 Å². The van der Waals surface area contributed by atoms with Gasteiger partial charge in [-0.15, -0.1) is 0 Å². The van der Waals surface area contributed by atoms with Crippen molar-refractivity contribution in [1.29, 1.82) is 0 Å². The SMILES string of the molecule is NC(=O)c1ccc(F)c(NCc2ccc(F)cc2Br)c1. The van der Waals surface area contributed by atoms with Crippen LogP contribution in [-0.4, -0.2) is 5.91 Å². The number of primary amides is 1. The zero-order chi connectivity index (χ0) is 14.7. The maximum absolute atomic E-state index is 13.6. The molecule has 0 saturated heterocycles. The van der Waals surface area contributed by atoms with Gasteiger partial charge in [-0.2, -0.15) is 0 Å². The first-order valence-corrected chi connectivity index (χ1v) is 6.54. The molecule has 0 aliphatic carbocycles. The number of carbonyl (C=O) groups is 1. The molecule has 0 saturated carbocycles. The number of hydrogen-bond acceptors (Lipinski definition) is 2. The van der Waals surface area contributed by atoms with Crippen LogP contribution >= 0.6 is 15.9 Å². The number of nitrogens with one attached hydrogen (secondary N) is 1. The third kappa shape index (κ3) is 3.33. The van der Waals surface area contributed by atoms with Crippen molar-refractivity contribution in [2.24, 2.45) is 5.73 Å². The van der Waals surface area contributed by atoms with Crippen LogP contribution in [0.15, 0.2) is 40.9 Å². The van der Waals surface area contributed by atoms with Crippen molar-refractivity contribution in [2.75, 3.05) is 5.32 Å². The highest BCUT2D eigenvalue weighted by molar-refractivity contribution is 9.10. The predicted molar refractivity (Wildman–Crippen MR) is 76.3 cm³/mol. The van der Waals surface area contributed by atoms with Gasteiger partial charge in [-0.25, -0.2) is 8.78 Å². The Morgan fingerprint density at radius 2 is 1.95 bits per heavy atom. The van der Waals surface area contributed by atoms with Gasteiger partial charge in [0.15, 0.2) is 0 Å². The Morgan fingerprint density at radius 1 is 1.20 bits per heavy atom. The van der Waals surface area contributed by atoms with Crippen molar-refractivity contribution in [3.63, 3.8) is 0 Å². The van der Waals surface area contributed by atoms with E-state index in [0.29, 0.717) is 4.47 Å². The topological polar surface area (TPSA) is 55.1 Å². The lowest BCUT2D eigenvalue weighted by atomic mass is 10.1. The van der Waals surface area contributed by atoms with E-state index in [0.717, 1.165) is 5.56 Å². The highest BCUT2D eigenvalue weighted by Gasteiger charge is 2.08. The number of benzene rings is 2. The minimum Gasteiger partial charge on any atom is -0.379 e. The van der Waals surface area contributed by atoms with Gasteiger partial charge in [0, 0.05) is 16.6 Å². The molecule has 0 atom stereocenters. The van der Waals surface area contributed by atoms with Gasteiger partial charge in [0.1, 0.15) is 11.6 Å².